The number of rotatable bonds is 22. The average Bonchev–Trinajstić information content (AvgIpc) is 1.53. The Morgan fingerprint density at radius 1 is 0.133 bits per heavy atom. The molecule has 0 amide bonds. The van der Waals surface area contributed by atoms with Gasteiger partial charge in [-0.25, -0.2) is 86.2 Å². The number of imidazole rings is 6. The summed E-state index contributed by atoms with van der Waals surface area (Å²) in [4.78, 5) is 77.1. The summed E-state index contributed by atoms with van der Waals surface area (Å²) in [5.74, 6) is 7.71. The Bertz CT molecular complexity index is 9830. The second kappa shape index (κ2) is 35.4. The summed E-state index contributed by atoms with van der Waals surface area (Å²) in [5, 5.41) is 0. The van der Waals surface area contributed by atoms with Crippen LogP contribution in [0, 0.1) is 0 Å². The van der Waals surface area contributed by atoms with Crippen LogP contribution in [-0.4, -0.2) is 86.2 Å². The Balaban J connectivity index is 0.582. The molecule has 0 unspecified atom stereocenters. The Morgan fingerprint density at radius 2 is 0.327 bits per heavy atom. The number of hydrogen-bond acceptors (Lipinski definition) is 18. The van der Waals surface area contributed by atoms with Gasteiger partial charge in [-0.3, -0.25) is 14.7 Å². The predicted octanol–water partition coefficient (Wildman–Crippen LogP) is 30.3. The molecule has 14 aromatic heterocycles. The highest BCUT2D eigenvalue weighted by Crippen LogP contribution is 2.48. The van der Waals surface area contributed by atoms with Gasteiger partial charge >= 0.3 is 0 Å². The largest absolute Gasteiger partial charge is 0.310 e. The van der Waals surface area contributed by atoms with Crippen molar-refractivity contribution in [2.75, 3.05) is 29.4 Å². The SMILES string of the molecule is c1ccc(-c2ccc(N(c3ccccc3)c3ccc4nc5n(c4c3)c3nc4ccc(N(c6ccc(-c7ccccc7)cc6)c6ccc(-c7cccc(N(c8ccc9nc%10n%11c%12cc(N(c%13ccccn%13)c%13ccccn%13)ccc%12nc%11n%11c%12cc(N(c%13ccccn%13)c%13ccccn%13)ccc%12nc%11n%10c9c8)c8ccccn8)n7)cc6)cc4n3c3nc4ccc(N(c6ccccc6)c6ccc(-c7ccccc7)cc6)cc4n53)cc2)cc1. The zero-order valence-corrected chi connectivity index (χ0v) is 80.1. The Hall–Kier alpha value is -21.2. The number of anilines is 18. The van der Waals surface area contributed by atoms with Crippen molar-refractivity contribution in [3.05, 3.63) is 498 Å². The highest BCUT2D eigenvalue weighted by Gasteiger charge is 2.31. The first-order chi connectivity index (χ1) is 74.4. The first kappa shape index (κ1) is 85.6. The maximum absolute atomic E-state index is 5.72. The third-order valence-electron chi connectivity index (χ3n) is 28.0. The fraction of sp³-hybridized carbons (Fsp3) is 0. The molecule has 14 heterocycles. The minimum absolute atomic E-state index is 0.583. The first-order valence-electron chi connectivity index (χ1n) is 49.5. The predicted molar refractivity (Wildman–Crippen MR) is 601 cm³/mol. The fourth-order valence-electron chi connectivity index (χ4n) is 21.1. The van der Waals surface area contributed by atoms with E-state index in [1.807, 2.05) is 125 Å². The lowest BCUT2D eigenvalue weighted by Gasteiger charge is -2.26. The number of pyridine rings is 6. The summed E-state index contributed by atoms with van der Waals surface area (Å²) >= 11 is 0. The van der Waals surface area contributed by atoms with E-state index in [4.69, 9.17) is 59.8 Å². The molecule has 0 atom stereocenters. The van der Waals surface area contributed by atoms with Crippen molar-refractivity contribution >= 4 is 204 Å². The van der Waals surface area contributed by atoms with Crippen LogP contribution in [-0.2, 0) is 0 Å². The second-order valence-electron chi connectivity index (χ2n) is 36.8. The lowest BCUT2D eigenvalue weighted by molar-refractivity contribution is 1.01. The average molecular weight is 1930 g/mol. The third-order valence-corrected chi connectivity index (χ3v) is 28.0. The molecule has 24 nitrogen and oxygen atoms in total. The molecule has 0 aliphatic rings. The van der Waals surface area contributed by atoms with E-state index in [1.165, 1.54) is 0 Å². The van der Waals surface area contributed by atoms with E-state index in [1.54, 1.807) is 24.8 Å². The van der Waals surface area contributed by atoms with Gasteiger partial charge in [0.2, 0.25) is 34.7 Å². The van der Waals surface area contributed by atoms with Crippen LogP contribution < -0.4 is 29.4 Å². The van der Waals surface area contributed by atoms with Gasteiger partial charge in [0.1, 0.15) is 34.9 Å². The molecule has 706 valence electrons. The molecular formula is C126H82N24. The van der Waals surface area contributed by atoms with E-state index < -0.39 is 0 Å². The van der Waals surface area contributed by atoms with Gasteiger partial charge in [-0.2, -0.15) is 0 Å². The molecule has 24 heteroatoms. The molecule has 0 N–H and O–H groups in total. The molecule has 29 rings (SSSR count). The standard InChI is InChI=1S/C126H82N24/c1-6-27-83(28-7-1)86-44-52-92(53-45-86)139(90-33-12-4-13-34-90)96-60-66-103-109(77-96)146-121(133-103)145-110-78-97(140(91-35-14-5-15-36-91)93-54-46-87(47-55-93)84-29-8-2-9-30-84)61-67-104(110)134-122(145)147-111-79-98(62-68-105(111)135-123(146)147)141(94-56-48-88(49-57-94)85-31-10-3-11-32-85)95-58-50-89(51-59-95)102-37-26-43-120(132-102)144(119-42-20-25-76-131-119)101-65-71-108-114(82-101)150-125-137-107-70-64-100(143(117-40-18-23-74-129-117)118-41-19-24-75-130-118)81-113(107)148(125)124-136-106-69-63-99(80-112(106)149(124)126(150)138-108)142(115-38-16-21-72-127-115)116-39-17-22-73-128-116/h1-82H. The van der Waals surface area contributed by atoms with E-state index in [-0.39, 0.29) is 0 Å². The molecule has 0 saturated heterocycles. The quantitative estimate of drug-likeness (QED) is 0.0619. The summed E-state index contributed by atoms with van der Waals surface area (Å²) in [6, 6.07) is 162. The van der Waals surface area contributed by atoms with Crippen molar-refractivity contribution in [1.82, 2.24) is 86.2 Å². The van der Waals surface area contributed by atoms with Gasteiger partial charge in [0, 0.05) is 87.7 Å². The molecule has 0 aliphatic carbocycles. The van der Waals surface area contributed by atoms with Crippen molar-refractivity contribution < 1.29 is 0 Å². The Kier molecular flexibility index (Phi) is 20.2. The van der Waals surface area contributed by atoms with E-state index >= 15 is 0 Å². The molecule has 15 aromatic carbocycles. The Morgan fingerprint density at radius 3 is 0.567 bits per heavy atom. The van der Waals surface area contributed by atoms with Crippen molar-refractivity contribution in [2.24, 2.45) is 0 Å². The number of para-hydroxylation sites is 2. The van der Waals surface area contributed by atoms with Crippen molar-refractivity contribution in [3.8, 4) is 44.6 Å². The van der Waals surface area contributed by atoms with E-state index in [2.05, 4.69) is 404 Å². The molecule has 29 aromatic rings. The van der Waals surface area contributed by atoms with Crippen molar-refractivity contribution in [2.45, 2.75) is 0 Å². The number of hydrogen-bond donors (Lipinski definition) is 0. The lowest BCUT2D eigenvalue weighted by Crippen LogP contribution is -2.13. The summed E-state index contributed by atoms with van der Waals surface area (Å²) in [7, 11) is 0. The lowest BCUT2D eigenvalue weighted by atomic mass is 10.0. The molecule has 0 aliphatic heterocycles. The van der Waals surface area contributed by atoms with Gasteiger partial charge < -0.3 is 14.7 Å². The van der Waals surface area contributed by atoms with Crippen LogP contribution in [0.4, 0.5) is 103 Å². The molecule has 0 saturated carbocycles. The summed E-state index contributed by atoms with van der Waals surface area (Å²) in [6.07, 6.45) is 8.98. The highest BCUT2D eigenvalue weighted by atomic mass is 15.4. The van der Waals surface area contributed by atoms with Crippen LogP contribution >= 0.6 is 0 Å². The van der Waals surface area contributed by atoms with Crippen LogP contribution in [0.15, 0.2) is 498 Å². The van der Waals surface area contributed by atoms with E-state index in [0.717, 1.165) is 174 Å². The summed E-state index contributed by atoms with van der Waals surface area (Å²) in [5.41, 5.74) is 28.7. The van der Waals surface area contributed by atoms with Crippen molar-refractivity contribution in [3.63, 3.8) is 0 Å². The minimum Gasteiger partial charge on any atom is -0.310 e. The van der Waals surface area contributed by atoms with Gasteiger partial charge in [0.05, 0.1) is 89.0 Å². The zero-order chi connectivity index (χ0) is 98.8. The number of nitrogens with zero attached hydrogens (tertiary/aromatic N) is 24. The van der Waals surface area contributed by atoms with E-state index in [9.17, 15) is 0 Å². The minimum atomic E-state index is 0.583. The number of aromatic nitrogens is 18. The molecular weight excluding hydrogens is 1850 g/mol. The summed E-state index contributed by atoms with van der Waals surface area (Å²) < 4.78 is 13.0. The van der Waals surface area contributed by atoms with Gasteiger partial charge in [0.25, 0.3) is 0 Å². The van der Waals surface area contributed by atoms with Crippen molar-refractivity contribution in [1.29, 1.82) is 0 Å². The number of benzene rings is 15. The molecule has 0 fully saturated rings. The maximum Gasteiger partial charge on any atom is 0.225 e. The third kappa shape index (κ3) is 14.6. The normalized spacial score (nSPS) is 11.7. The van der Waals surface area contributed by atoms with Crippen LogP contribution in [0.3, 0.4) is 0 Å². The van der Waals surface area contributed by atoms with Crippen LogP contribution in [0.1, 0.15) is 0 Å². The van der Waals surface area contributed by atoms with E-state index in [0.29, 0.717) is 75.1 Å². The second-order valence-corrected chi connectivity index (χ2v) is 36.8. The zero-order valence-electron chi connectivity index (χ0n) is 80.1. The molecule has 0 bridgehead atoms. The summed E-state index contributed by atoms with van der Waals surface area (Å²) in [6.45, 7) is 0. The molecule has 0 radical (unpaired) electrons. The van der Waals surface area contributed by atoms with Gasteiger partial charge in [-0.05, 0) is 288 Å². The fourth-order valence-corrected chi connectivity index (χ4v) is 21.1. The monoisotopic (exact) mass is 1930 g/mol. The van der Waals surface area contributed by atoms with Gasteiger partial charge in [0.15, 0.2) is 0 Å². The van der Waals surface area contributed by atoms with Gasteiger partial charge in [-0.15, -0.1) is 0 Å². The first-order valence-corrected chi connectivity index (χ1v) is 49.5. The molecule has 0 spiro atoms. The molecule has 150 heavy (non-hydrogen) atoms. The maximum atomic E-state index is 5.72. The van der Waals surface area contributed by atoms with Crippen LogP contribution in [0.2, 0.25) is 0 Å². The topological polar surface area (TPSA) is 201 Å². The van der Waals surface area contributed by atoms with Gasteiger partial charge in [-0.1, -0.05) is 212 Å². The van der Waals surface area contributed by atoms with Crippen LogP contribution in [0.5, 0.6) is 0 Å². The van der Waals surface area contributed by atoms with Crippen LogP contribution in [0.25, 0.3) is 146 Å². The Labute approximate surface area is 856 Å². The highest BCUT2D eigenvalue weighted by molar-refractivity contribution is 6.00. The smallest absolute Gasteiger partial charge is 0.225 e. The number of fused-ring (bicyclic) bond motifs is 24.